The largest absolute Gasteiger partial charge is 0.466 e. The molecule has 0 amide bonds. The first-order valence-electron chi connectivity index (χ1n) is 6.16. The van der Waals surface area contributed by atoms with Crippen molar-refractivity contribution < 1.29 is 19.4 Å². The Labute approximate surface area is 102 Å². The lowest BCUT2D eigenvalue weighted by Gasteiger charge is -2.14. The van der Waals surface area contributed by atoms with Crippen LogP contribution in [0.5, 0.6) is 0 Å². The van der Waals surface area contributed by atoms with Gasteiger partial charge in [0.2, 0.25) is 0 Å². The van der Waals surface area contributed by atoms with E-state index in [0.29, 0.717) is 19.1 Å². The van der Waals surface area contributed by atoms with Crippen LogP contribution >= 0.6 is 0 Å². The second-order valence-corrected chi connectivity index (χ2v) is 4.42. The molecule has 1 aliphatic rings. The summed E-state index contributed by atoms with van der Waals surface area (Å²) in [6.07, 6.45) is 1.69. The van der Waals surface area contributed by atoms with Gasteiger partial charge < -0.3 is 9.84 Å². The Bertz CT molecular complexity index is 267. The molecule has 0 radical (unpaired) electrons. The van der Waals surface area contributed by atoms with Gasteiger partial charge in [0, 0.05) is 13.2 Å². The maximum Gasteiger partial charge on any atom is 0.313 e. The number of nitrogens with zero attached hydrogens (tertiary/aromatic N) is 1. The third-order valence-corrected chi connectivity index (χ3v) is 2.95. The van der Waals surface area contributed by atoms with Crippen molar-refractivity contribution in [2.45, 2.75) is 26.2 Å². The molecule has 5 nitrogen and oxygen atoms in total. The van der Waals surface area contributed by atoms with E-state index >= 15 is 0 Å². The van der Waals surface area contributed by atoms with Crippen molar-refractivity contribution in [3.05, 3.63) is 0 Å². The number of ether oxygens (including phenoxy) is 1. The van der Waals surface area contributed by atoms with E-state index in [1.165, 1.54) is 0 Å². The van der Waals surface area contributed by atoms with Gasteiger partial charge in [-0.3, -0.25) is 14.5 Å². The standard InChI is InChI=1S/C12H21NO4/c1-2-17-12(16)7-11(15)9-13-5-3-10(8-13)4-6-14/h10,14H,2-9H2,1H3. The lowest BCUT2D eigenvalue weighted by Crippen LogP contribution is -2.29. The number of rotatable bonds is 7. The molecule has 1 aliphatic heterocycles. The van der Waals surface area contributed by atoms with Crippen LogP contribution in [0.25, 0.3) is 0 Å². The summed E-state index contributed by atoms with van der Waals surface area (Å²) in [5, 5.41) is 8.83. The summed E-state index contributed by atoms with van der Waals surface area (Å²) in [6.45, 7) is 4.28. The van der Waals surface area contributed by atoms with Crippen LogP contribution < -0.4 is 0 Å². The average molecular weight is 243 g/mol. The molecule has 0 aromatic heterocycles. The second-order valence-electron chi connectivity index (χ2n) is 4.42. The topological polar surface area (TPSA) is 66.8 Å². The van der Waals surface area contributed by atoms with Gasteiger partial charge in [-0.25, -0.2) is 0 Å². The third kappa shape index (κ3) is 5.28. The normalized spacial score (nSPS) is 20.5. The number of carbonyl (C=O) groups excluding carboxylic acids is 2. The second kappa shape index (κ2) is 7.40. The van der Waals surface area contributed by atoms with Gasteiger partial charge >= 0.3 is 5.97 Å². The summed E-state index contributed by atoms with van der Waals surface area (Å²) in [5.41, 5.74) is 0. The third-order valence-electron chi connectivity index (χ3n) is 2.95. The SMILES string of the molecule is CCOC(=O)CC(=O)CN1CCC(CCO)C1. The molecular weight excluding hydrogens is 222 g/mol. The van der Waals surface area contributed by atoms with Crippen LogP contribution in [0.1, 0.15) is 26.2 Å². The number of ketones is 1. The quantitative estimate of drug-likeness (QED) is 0.511. The molecule has 1 rings (SSSR count). The first-order chi connectivity index (χ1) is 8.15. The fourth-order valence-corrected chi connectivity index (χ4v) is 2.15. The molecule has 1 atom stereocenters. The average Bonchev–Trinajstić information content (AvgIpc) is 2.66. The smallest absolute Gasteiger partial charge is 0.313 e. The lowest BCUT2D eigenvalue weighted by atomic mass is 10.1. The molecule has 1 fully saturated rings. The number of esters is 1. The van der Waals surface area contributed by atoms with E-state index in [1.54, 1.807) is 6.92 Å². The maximum atomic E-state index is 11.6. The molecule has 0 spiro atoms. The monoisotopic (exact) mass is 243 g/mol. The van der Waals surface area contributed by atoms with Crippen LogP contribution in [0.3, 0.4) is 0 Å². The van der Waals surface area contributed by atoms with Gasteiger partial charge in [-0.05, 0) is 32.2 Å². The molecule has 98 valence electrons. The summed E-state index contributed by atoms with van der Waals surface area (Å²) < 4.78 is 4.73. The van der Waals surface area contributed by atoms with Gasteiger partial charge in [-0.1, -0.05) is 0 Å². The number of aliphatic hydroxyl groups excluding tert-OH is 1. The molecule has 1 unspecified atom stereocenters. The number of hydrogen-bond acceptors (Lipinski definition) is 5. The van der Waals surface area contributed by atoms with Gasteiger partial charge in [0.05, 0.1) is 13.2 Å². The fourth-order valence-electron chi connectivity index (χ4n) is 2.15. The first-order valence-corrected chi connectivity index (χ1v) is 6.16. The highest BCUT2D eigenvalue weighted by Crippen LogP contribution is 2.18. The Kier molecular flexibility index (Phi) is 6.15. The molecule has 1 heterocycles. The van der Waals surface area contributed by atoms with Crippen molar-refractivity contribution in [1.29, 1.82) is 0 Å². The fraction of sp³-hybridized carbons (Fsp3) is 0.833. The van der Waals surface area contributed by atoms with Crippen molar-refractivity contribution >= 4 is 11.8 Å². The van der Waals surface area contributed by atoms with Crippen molar-refractivity contribution in [3.8, 4) is 0 Å². The van der Waals surface area contributed by atoms with Gasteiger partial charge in [-0.2, -0.15) is 0 Å². The number of Topliss-reactive ketones (excluding diaryl/α,β-unsaturated/α-hetero) is 1. The molecule has 0 saturated carbocycles. The van der Waals surface area contributed by atoms with E-state index in [4.69, 9.17) is 9.84 Å². The van der Waals surface area contributed by atoms with Crippen molar-refractivity contribution in [3.63, 3.8) is 0 Å². The first kappa shape index (κ1) is 14.1. The van der Waals surface area contributed by atoms with Crippen LogP contribution in [-0.2, 0) is 14.3 Å². The molecule has 17 heavy (non-hydrogen) atoms. The van der Waals surface area contributed by atoms with Crippen molar-refractivity contribution in [2.75, 3.05) is 32.8 Å². The summed E-state index contributed by atoms with van der Waals surface area (Å²) in [7, 11) is 0. The highest BCUT2D eigenvalue weighted by molar-refractivity contribution is 5.96. The van der Waals surface area contributed by atoms with E-state index in [9.17, 15) is 9.59 Å². The van der Waals surface area contributed by atoms with Crippen LogP contribution in [0.15, 0.2) is 0 Å². The van der Waals surface area contributed by atoms with E-state index in [2.05, 4.69) is 0 Å². The van der Waals surface area contributed by atoms with E-state index in [-0.39, 0.29) is 18.8 Å². The predicted molar refractivity (Wildman–Crippen MR) is 62.5 cm³/mol. The molecule has 1 saturated heterocycles. The zero-order chi connectivity index (χ0) is 12.7. The highest BCUT2D eigenvalue weighted by Gasteiger charge is 2.24. The van der Waals surface area contributed by atoms with Gasteiger partial charge in [0.1, 0.15) is 6.42 Å². The molecule has 0 bridgehead atoms. The van der Waals surface area contributed by atoms with E-state index < -0.39 is 5.97 Å². The van der Waals surface area contributed by atoms with E-state index in [0.717, 1.165) is 25.9 Å². The van der Waals surface area contributed by atoms with Crippen LogP contribution in [0.2, 0.25) is 0 Å². The zero-order valence-corrected chi connectivity index (χ0v) is 10.4. The number of likely N-dealkylation sites (tertiary alicyclic amines) is 1. The molecular formula is C12H21NO4. The summed E-state index contributed by atoms with van der Waals surface area (Å²) >= 11 is 0. The van der Waals surface area contributed by atoms with Crippen molar-refractivity contribution in [2.24, 2.45) is 5.92 Å². The number of carbonyl (C=O) groups is 2. The zero-order valence-electron chi connectivity index (χ0n) is 10.4. The van der Waals surface area contributed by atoms with Crippen molar-refractivity contribution in [1.82, 2.24) is 4.90 Å². The van der Waals surface area contributed by atoms with Crippen LogP contribution in [0.4, 0.5) is 0 Å². The minimum absolute atomic E-state index is 0.0897. The minimum Gasteiger partial charge on any atom is -0.466 e. The Morgan fingerprint density at radius 2 is 2.24 bits per heavy atom. The molecule has 0 aromatic rings. The Hall–Kier alpha value is -0.940. The lowest BCUT2D eigenvalue weighted by molar-refractivity contribution is -0.145. The number of aliphatic hydroxyl groups is 1. The highest BCUT2D eigenvalue weighted by atomic mass is 16.5. The molecule has 5 heteroatoms. The minimum atomic E-state index is -0.441. The molecule has 0 aliphatic carbocycles. The molecule has 0 aromatic carbocycles. The van der Waals surface area contributed by atoms with Gasteiger partial charge in [0.25, 0.3) is 0 Å². The van der Waals surface area contributed by atoms with Gasteiger partial charge in [0.15, 0.2) is 5.78 Å². The Balaban J connectivity index is 2.21. The molecule has 1 N–H and O–H groups in total. The van der Waals surface area contributed by atoms with Crippen LogP contribution in [-0.4, -0.2) is 54.6 Å². The number of hydrogen-bond donors (Lipinski definition) is 1. The Morgan fingerprint density at radius 3 is 2.88 bits per heavy atom. The maximum absolute atomic E-state index is 11.6. The van der Waals surface area contributed by atoms with Crippen LogP contribution in [0, 0.1) is 5.92 Å². The summed E-state index contributed by atoms with van der Waals surface area (Å²) in [4.78, 5) is 24.7. The summed E-state index contributed by atoms with van der Waals surface area (Å²) in [5.74, 6) is -0.0490. The van der Waals surface area contributed by atoms with Gasteiger partial charge in [-0.15, -0.1) is 0 Å². The predicted octanol–water partition coefficient (Wildman–Crippen LogP) is 0.213. The Morgan fingerprint density at radius 1 is 1.47 bits per heavy atom. The summed E-state index contributed by atoms with van der Waals surface area (Å²) in [6, 6.07) is 0. The van der Waals surface area contributed by atoms with E-state index in [1.807, 2.05) is 4.90 Å².